The summed E-state index contributed by atoms with van der Waals surface area (Å²) in [5.74, 6) is -0.252. The molecule has 1 fully saturated rings. The monoisotopic (exact) mass is 1270 g/mol. The highest BCUT2D eigenvalue weighted by atomic mass is 32.3. The third-order valence-electron chi connectivity index (χ3n) is 18.8. The van der Waals surface area contributed by atoms with Crippen molar-refractivity contribution in [3.63, 3.8) is 0 Å². The third kappa shape index (κ3) is 55.3. The molecule has 1 aliphatic heterocycles. The van der Waals surface area contributed by atoms with Crippen molar-refractivity contribution >= 4 is 16.3 Å². The molecule has 524 valence electrons. The fourth-order valence-corrected chi connectivity index (χ4v) is 13.4. The van der Waals surface area contributed by atoms with Gasteiger partial charge < -0.3 is 35.2 Å². The molecule has 0 aliphatic carbocycles. The molecular weight excluding hydrogens is 1120 g/mol. The number of carbonyl (C=O) groups excluding carboxylic acids is 1. The minimum absolute atomic E-state index is 0.252. The minimum atomic E-state index is -5.09. The average Bonchev–Trinajstić information content (AvgIpc) is 2.03. The Bertz CT molecular complexity index is 1590. The molecule has 1 rings (SSSR count). The lowest BCUT2D eigenvalue weighted by molar-refractivity contribution is -0.298. The van der Waals surface area contributed by atoms with Crippen molar-refractivity contribution < 1.29 is 51.8 Å². The van der Waals surface area contributed by atoms with Crippen molar-refractivity contribution in [3.05, 3.63) is 12.2 Å². The number of rotatable bonds is 70. The zero-order valence-corrected chi connectivity index (χ0v) is 58.7. The molecule has 1 heterocycles. The maximum atomic E-state index is 13.2. The van der Waals surface area contributed by atoms with Crippen LogP contribution in [0.3, 0.4) is 0 Å². The highest BCUT2D eigenvalue weighted by Gasteiger charge is 2.48. The average molecular weight is 1270 g/mol. The van der Waals surface area contributed by atoms with E-state index >= 15 is 0 Å². The Morgan fingerprint density at radius 3 is 0.989 bits per heavy atom. The SMILES string of the molecule is CCCCCCCCCCCCCCCCCCCCCC/C=C/C(O)C(COC1OC(CO)C(O)C(OS(=O)(=O)O)C1O)NC(=O)CCCCCCCCCCCCCCCCCCCCCCCCCCCCCCCCCCCCCCCCC. The van der Waals surface area contributed by atoms with Crippen molar-refractivity contribution in [1.82, 2.24) is 5.32 Å². The van der Waals surface area contributed by atoms with E-state index in [-0.39, 0.29) is 18.9 Å². The number of allylic oxidation sites excluding steroid dienone is 1. The molecule has 7 unspecified atom stereocenters. The second kappa shape index (κ2) is 64.5. The predicted molar refractivity (Wildman–Crippen MR) is 370 cm³/mol. The van der Waals surface area contributed by atoms with Crippen LogP contribution in [0.2, 0.25) is 0 Å². The van der Waals surface area contributed by atoms with Crippen LogP contribution in [0, 0.1) is 0 Å². The molecule has 0 aromatic rings. The van der Waals surface area contributed by atoms with Gasteiger partial charge in [-0.2, -0.15) is 8.42 Å². The second-order valence-electron chi connectivity index (χ2n) is 27.3. The first-order valence-corrected chi connectivity index (χ1v) is 39.9. The Morgan fingerprint density at radius 2 is 0.716 bits per heavy atom. The number of carbonyl (C=O) groups is 1. The van der Waals surface area contributed by atoms with E-state index in [1.54, 1.807) is 6.08 Å². The summed E-state index contributed by atoms with van der Waals surface area (Å²) >= 11 is 0. The fraction of sp³-hybridized carbons (Fsp3) is 0.960. The maximum absolute atomic E-state index is 13.2. The number of nitrogens with one attached hydrogen (secondary N) is 1. The van der Waals surface area contributed by atoms with E-state index in [2.05, 4.69) is 23.3 Å². The van der Waals surface area contributed by atoms with Crippen molar-refractivity contribution in [3.8, 4) is 0 Å². The van der Waals surface area contributed by atoms with Crippen LogP contribution < -0.4 is 5.32 Å². The molecule has 0 radical (unpaired) electrons. The quantitative estimate of drug-likeness (QED) is 0.0193. The van der Waals surface area contributed by atoms with Gasteiger partial charge >= 0.3 is 10.4 Å². The summed E-state index contributed by atoms with van der Waals surface area (Å²) in [5.41, 5.74) is 0. The zero-order valence-electron chi connectivity index (χ0n) is 57.8. The van der Waals surface area contributed by atoms with E-state index in [1.165, 1.54) is 340 Å². The minimum Gasteiger partial charge on any atom is -0.394 e. The van der Waals surface area contributed by atoms with Crippen LogP contribution in [0.1, 0.15) is 406 Å². The Balaban J connectivity index is 2.14. The van der Waals surface area contributed by atoms with E-state index in [4.69, 9.17) is 9.47 Å². The molecule has 0 bridgehead atoms. The van der Waals surface area contributed by atoms with Gasteiger partial charge in [0.05, 0.1) is 25.4 Å². The van der Waals surface area contributed by atoms with E-state index in [0.29, 0.717) is 6.42 Å². The van der Waals surface area contributed by atoms with E-state index in [1.807, 2.05) is 6.08 Å². The van der Waals surface area contributed by atoms with Crippen LogP contribution in [-0.2, 0) is 28.9 Å². The summed E-state index contributed by atoms with van der Waals surface area (Å²) < 4.78 is 48.1. The van der Waals surface area contributed by atoms with Crippen LogP contribution in [0.5, 0.6) is 0 Å². The zero-order chi connectivity index (χ0) is 63.9. The summed E-state index contributed by atoms with van der Waals surface area (Å²) in [4.78, 5) is 13.2. The summed E-state index contributed by atoms with van der Waals surface area (Å²) in [5, 5.41) is 45.2. The summed E-state index contributed by atoms with van der Waals surface area (Å²) in [6.07, 6.45) is 74.7. The summed E-state index contributed by atoms with van der Waals surface area (Å²) in [6, 6.07) is -0.942. The molecule has 0 aromatic carbocycles. The first-order chi connectivity index (χ1) is 43.0. The topological polar surface area (TPSA) is 192 Å². The van der Waals surface area contributed by atoms with Crippen LogP contribution in [0.25, 0.3) is 0 Å². The molecule has 6 N–H and O–H groups in total. The lowest BCUT2D eigenvalue weighted by Gasteiger charge is -2.41. The third-order valence-corrected chi connectivity index (χ3v) is 19.3. The first kappa shape index (κ1) is 84.9. The van der Waals surface area contributed by atoms with Gasteiger partial charge in [0.25, 0.3) is 0 Å². The van der Waals surface area contributed by atoms with Gasteiger partial charge in [0.1, 0.15) is 24.4 Å². The molecule has 88 heavy (non-hydrogen) atoms. The number of aliphatic hydroxyl groups excluding tert-OH is 4. The molecule has 0 saturated carbocycles. The highest BCUT2D eigenvalue weighted by Crippen LogP contribution is 2.27. The first-order valence-electron chi connectivity index (χ1n) is 38.6. The smallest absolute Gasteiger partial charge is 0.394 e. The molecule has 13 heteroatoms. The fourth-order valence-electron chi connectivity index (χ4n) is 12.9. The molecular formula is C75H147NO11S. The molecule has 0 spiro atoms. The Morgan fingerprint density at radius 1 is 0.443 bits per heavy atom. The number of hydrogen-bond donors (Lipinski definition) is 6. The largest absolute Gasteiger partial charge is 0.397 e. The number of ether oxygens (including phenoxy) is 2. The molecule has 12 nitrogen and oxygen atoms in total. The molecule has 1 saturated heterocycles. The van der Waals surface area contributed by atoms with Crippen LogP contribution in [0.4, 0.5) is 0 Å². The van der Waals surface area contributed by atoms with Gasteiger partial charge in [-0.05, 0) is 19.3 Å². The highest BCUT2D eigenvalue weighted by molar-refractivity contribution is 7.80. The van der Waals surface area contributed by atoms with Crippen LogP contribution in [0.15, 0.2) is 12.2 Å². The Kier molecular flexibility index (Phi) is 62.2. The van der Waals surface area contributed by atoms with E-state index in [0.717, 1.165) is 38.5 Å². The number of hydrogen-bond acceptors (Lipinski definition) is 10. The lowest BCUT2D eigenvalue weighted by Crippen LogP contribution is -2.61. The molecule has 0 aromatic heterocycles. The van der Waals surface area contributed by atoms with Crippen LogP contribution >= 0.6 is 0 Å². The van der Waals surface area contributed by atoms with E-state index < -0.39 is 59.9 Å². The lowest BCUT2D eigenvalue weighted by atomic mass is 9.99. The van der Waals surface area contributed by atoms with E-state index in [9.17, 15) is 38.2 Å². The van der Waals surface area contributed by atoms with Crippen molar-refractivity contribution in [1.29, 1.82) is 0 Å². The van der Waals surface area contributed by atoms with Gasteiger partial charge in [0.15, 0.2) is 6.29 Å². The van der Waals surface area contributed by atoms with Crippen LogP contribution in [-0.4, -0.2) is 95.4 Å². The number of amides is 1. The van der Waals surface area contributed by atoms with Gasteiger partial charge in [0.2, 0.25) is 5.91 Å². The van der Waals surface area contributed by atoms with Gasteiger partial charge in [-0.15, -0.1) is 0 Å². The van der Waals surface area contributed by atoms with Gasteiger partial charge in [-0.1, -0.05) is 392 Å². The Hall–Kier alpha value is -1.16. The standard InChI is InChI=1S/C75H147NO11S/c1-3-5-7-9-11-13-15-17-19-21-23-25-27-28-29-30-31-32-33-34-35-36-37-38-39-40-41-42-43-45-47-49-51-53-55-57-59-61-63-65-71(79)76-68(67-85-75-73(81)74(87-88(82,83)84)72(80)70(66-77)86-75)69(78)64-62-60-58-56-54-52-50-48-46-44-26-24-22-20-18-16-14-12-10-8-6-4-2/h62,64,68-70,72-75,77-78,80-81H,3-61,63,65-67H2,1-2H3,(H,76,79)(H,82,83,84)/b64-62+. The maximum Gasteiger partial charge on any atom is 0.397 e. The molecule has 7 atom stereocenters. The van der Waals surface area contributed by atoms with Crippen molar-refractivity contribution in [2.75, 3.05) is 13.2 Å². The van der Waals surface area contributed by atoms with Gasteiger partial charge in [-0.3, -0.25) is 9.35 Å². The molecule has 1 aliphatic rings. The summed E-state index contributed by atoms with van der Waals surface area (Å²) in [6.45, 7) is 3.48. The van der Waals surface area contributed by atoms with Crippen molar-refractivity contribution in [2.24, 2.45) is 0 Å². The number of unbranched alkanes of at least 4 members (excludes halogenated alkanes) is 58. The predicted octanol–water partition coefficient (Wildman–Crippen LogP) is 20.9. The van der Waals surface area contributed by atoms with Gasteiger partial charge in [-0.25, -0.2) is 4.18 Å². The molecule has 1 amide bonds. The normalized spacial score (nSPS) is 18.0. The summed E-state index contributed by atoms with van der Waals surface area (Å²) in [7, 11) is -5.09. The van der Waals surface area contributed by atoms with Gasteiger partial charge in [0, 0.05) is 6.42 Å². The van der Waals surface area contributed by atoms with Crippen molar-refractivity contribution in [2.45, 2.75) is 448 Å². The number of aliphatic hydroxyl groups is 4. The Labute approximate surface area is 544 Å². The second-order valence-corrected chi connectivity index (χ2v) is 28.4.